The van der Waals surface area contributed by atoms with Crippen LogP contribution in [0.1, 0.15) is 26.3 Å². The van der Waals surface area contributed by atoms with Gasteiger partial charge in [0.05, 0.1) is 0 Å². The fraction of sp³-hybridized carbons (Fsp3) is 0.529. The van der Waals surface area contributed by atoms with Crippen molar-refractivity contribution in [1.82, 2.24) is 5.32 Å². The molecule has 0 saturated heterocycles. The minimum absolute atomic E-state index is 0.303. The Hall–Kier alpha value is -1.34. The Bertz CT molecular complexity index is 565. The summed E-state index contributed by atoms with van der Waals surface area (Å²) >= 11 is 5.27. The zero-order valence-electron chi connectivity index (χ0n) is 14.6. The Morgan fingerprint density at radius 3 is 2.42 bits per heavy atom. The highest BCUT2D eigenvalue weighted by Gasteiger charge is 2.36. The fourth-order valence-electron chi connectivity index (χ4n) is 1.85. The number of carboxylic acid groups (broad SMARTS) is 1. The maximum Gasteiger partial charge on any atom is 0.339 e. The van der Waals surface area contributed by atoms with Crippen molar-refractivity contribution < 1.29 is 14.7 Å². The Labute approximate surface area is 153 Å². The van der Waals surface area contributed by atoms with Crippen molar-refractivity contribution in [3.63, 3.8) is 0 Å². The van der Waals surface area contributed by atoms with Crippen molar-refractivity contribution in [2.75, 3.05) is 24.2 Å². The molecule has 5 nitrogen and oxygen atoms in total. The van der Waals surface area contributed by atoms with Gasteiger partial charge in [0.2, 0.25) is 5.91 Å². The van der Waals surface area contributed by atoms with Gasteiger partial charge in [0.1, 0.15) is 0 Å². The third-order valence-corrected chi connectivity index (χ3v) is 5.75. The third-order valence-electron chi connectivity index (χ3n) is 3.87. The lowest BCUT2D eigenvalue weighted by atomic mass is 10.2. The van der Waals surface area contributed by atoms with Gasteiger partial charge in [-0.2, -0.15) is 12.6 Å². The second kappa shape index (κ2) is 9.22. The molecule has 0 aliphatic rings. The van der Waals surface area contributed by atoms with Crippen LogP contribution in [0, 0.1) is 5.92 Å². The summed E-state index contributed by atoms with van der Waals surface area (Å²) in [5, 5.41) is 12.1. The predicted molar refractivity (Wildman–Crippen MR) is 104 cm³/mol. The van der Waals surface area contributed by atoms with Crippen LogP contribution in [-0.2, 0) is 15.3 Å². The van der Waals surface area contributed by atoms with Crippen molar-refractivity contribution in [3.8, 4) is 0 Å². The van der Waals surface area contributed by atoms with Gasteiger partial charge < -0.3 is 15.3 Å². The molecule has 2 N–H and O–H groups in total. The molecule has 1 aromatic carbocycles. The molecule has 1 aromatic rings. The number of rotatable bonds is 9. The highest BCUT2D eigenvalue weighted by molar-refractivity contribution is 8.00. The van der Waals surface area contributed by atoms with Gasteiger partial charge in [-0.15, -0.1) is 11.8 Å². The van der Waals surface area contributed by atoms with Gasteiger partial charge in [0.15, 0.2) is 4.87 Å². The van der Waals surface area contributed by atoms with Gasteiger partial charge in [-0.3, -0.25) is 4.79 Å². The highest BCUT2D eigenvalue weighted by atomic mass is 32.2. The van der Waals surface area contributed by atoms with Crippen LogP contribution in [0.2, 0.25) is 0 Å². The van der Waals surface area contributed by atoms with Gasteiger partial charge in [-0.25, -0.2) is 4.79 Å². The second-order valence-electron chi connectivity index (χ2n) is 5.88. The van der Waals surface area contributed by atoms with Gasteiger partial charge in [0.25, 0.3) is 0 Å². The number of benzene rings is 1. The number of amides is 1. The maximum absolute atomic E-state index is 12.0. The van der Waals surface area contributed by atoms with E-state index in [0.717, 1.165) is 17.8 Å². The van der Waals surface area contributed by atoms with E-state index in [9.17, 15) is 14.7 Å². The molecular weight excluding hydrogens is 344 g/mol. The first-order valence-corrected chi connectivity index (χ1v) is 9.45. The van der Waals surface area contributed by atoms with Gasteiger partial charge in [-0.05, 0) is 31.5 Å². The number of nitrogens with zero attached hydrogens (tertiary/aromatic N) is 1. The minimum atomic E-state index is -1.37. The zero-order chi connectivity index (χ0) is 18.3. The largest absolute Gasteiger partial charge is 0.479 e. The first-order valence-electron chi connectivity index (χ1n) is 7.83. The van der Waals surface area contributed by atoms with E-state index >= 15 is 0 Å². The summed E-state index contributed by atoms with van der Waals surface area (Å²) < 4.78 is 0. The molecule has 0 fully saturated rings. The van der Waals surface area contributed by atoms with Crippen LogP contribution < -0.4 is 10.2 Å². The van der Waals surface area contributed by atoms with Crippen LogP contribution in [-0.4, -0.2) is 41.2 Å². The van der Waals surface area contributed by atoms with Crippen molar-refractivity contribution >= 4 is 42.0 Å². The van der Waals surface area contributed by atoms with Gasteiger partial charge in [-0.1, -0.05) is 19.1 Å². The lowest BCUT2D eigenvalue weighted by Gasteiger charge is -2.27. The van der Waals surface area contributed by atoms with Crippen LogP contribution in [0.5, 0.6) is 0 Å². The Balaban J connectivity index is 2.76. The molecule has 0 spiro atoms. The number of carboxylic acids is 1. The predicted octanol–water partition coefficient (Wildman–Crippen LogP) is 2.86. The van der Waals surface area contributed by atoms with Crippen molar-refractivity contribution in [2.45, 2.75) is 31.4 Å². The molecule has 0 radical (unpaired) electrons. The summed E-state index contributed by atoms with van der Waals surface area (Å²) in [6.45, 7) is 6.23. The van der Waals surface area contributed by atoms with E-state index in [2.05, 4.69) is 29.8 Å². The standard InChI is InChI=1S/C17H26N2O3S2/c1-5-19(4)14-8-6-13(7-9-14)11-24-17(3,16(21)22)18-15(20)12(2)10-23/h6-9,12,23H,5,10-11H2,1-4H3,(H,18,20)(H,21,22)/t12?,17-/m0/s1. The van der Waals surface area contributed by atoms with E-state index in [4.69, 9.17) is 0 Å². The molecule has 2 atom stereocenters. The summed E-state index contributed by atoms with van der Waals surface area (Å²) in [5.41, 5.74) is 2.13. The topological polar surface area (TPSA) is 69.6 Å². The molecule has 1 amide bonds. The van der Waals surface area contributed by atoms with E-state index in [1.807, 2.05) is 31.3 Å². The molecule has 0 bridgehead atoms. The molecule has 0 aliphatic heterocycles. The Morgan fingerprint density at radius 2 is 1.96 bits per heavy atom. The number of thiol groups is 1. The monoisotopic (exact) mass is 370 g/mol. The van der Waals surface area contributed by atoms with Crippen LogP contribution >= 0.6 is 24.4 Å². The molecule has 134 valence electrons. The average molecular weight is 371 g/mol. The molecular formula is C17H26N2O3S2. The zero-order valence-corrected chi connectivity index (χ0v) is 16.3. The van der Waals surface area contributed by atoms with Gasteiger partial charge >= 0.3 is 5.97 Å². The van der Waals surface area contributed by atoms with Crippen LogP contribution in [0.4, 0.5) is 5.69 Å². The summed E-state index contributed by atoms with van der Waals surface area (Å²) in [7, 11) is 2.02. The Kier molecular flexibility index (Phi) is 7.96. The van der Waals surface area contributed by atoms with Gasteiger partial charge in [0, 0.05) is 36.7 Å². The van der Waals surface area contributed by atoms with Crippen molar-refractivity contribution in [3.05, 3.63) is 29.8 Å². The number of carbonyl (C=O) groups is 2. The third kappa shape index (κ3) is 5.63. The molecule has 0 aliphatic carbocycles. The molecule has 1 unspecified atom stereocenters. The number of thioether (sulfide) groups is 1. The van der Waals surface area contributed by atoms with E-state index < -0.39 is 10.8 Å². The van der Waals surface area contributed by atoms with E-state index in [1.165, 1.54) is 18.7 Å². The Morgan fingerprint density at radius 1 is 1.38 bits per heavy atom. The average Bonchev–Trinajstić information content (AvgIpc) is 2.58. The van der Waals surface area contributed by atoms with Crippen LogP contribution in [0.15, 0.2) is 24.3 Å². The summed E-state index contributed by atoms with van der Waals surface area (Å²) in [5.74, 6) is -0.832. The van der Waals surface area contributed by atoms with E-state index in [-0.39, 0.29) is 11.8 Å². The number of carbonyl (C=O) groups excluding carboxylic acids is 1. The normalized spacial score (nSPS) is 14.5. The highest BCUT2D eigenvalue weighted by Crippen LogP contribution is 2.28. The second-order valence-corrected chi connectivity index (χ2v) is 7.64. The summed E-state index contributed by atoms with van der Waals surface area (Å²) in [6.07, 6.45) is 0. The van der Waals surface area contributed by atoms with Crippen molar-refractivity contribution in [1.29, 1.82) is 0 Å². The van der Waals surface area contributed by atoms with E-state index in [0.29, 0.717) is 11.5 Å². The molecule has 0 heterocycles. The smallest absolute Gasteiger partial charge is 0.339 e. The summed E-state index contributed by atoms with van der Waals surface area (Å²) in [6, 6.07) is 7.99. The first-order chi connectivity index (χ1) is 11.2. The van der Waals surface area contributed by atoms with Crippen LogP contribution in [0.25, 0.3) is 0 Å². The summed E-state index contributed by atoms with van der Waals surface area (Å²) in [4.78, 5) is 24.4. The minimum Gasteiger partial charge on any atom is -0.479 e. The number of hydrogen-bond acceptors (Lipinski definition) is 5. The van der Waals surface area contributed by atoms with E-state index in [1.54, 1.807) is 6.92 Å². The molecule has 0 saturated carbocycles. The quantitative estimate of drug-likeness (QED) is 0.461. The molecule has 0 aromatic heterocycles. The molecule has 1 rings (SSSR count). The lowest BCUT2D eigenvalue weighted by molar-refractivity contribution is -0.143. The molecule has 7 heteroatoms. The molecule has 24 heavy (non-hydrogen) atoms. The lowest BCUT2D eigenvalue weighted by Crippen LogP contribution is -2.51. The van der Waals surface area contributed by atoms with Crippen molar-refractivity contribution in [2.24, 2.45) is 5.92 Å². The maximum atomic E-state index is 12.0. The fourth-order valence-corrected chi connectivity index (χ4v) is 2.96. The number of hydrogen-bond donors (Lipinski definition) is 3. The SMILES string of the molecule is CCN(C)c1ccc(CS[C@](C)(NC(=O)C(C)CS)C(=O)O)cc1. The number of nitrogens with one attached hydrogen (secondary N) is 1. The first kappa shape index (κ1) is 20.7. The number of anilines is 1. The number of aliphatic carboxylic acids is 1. The van der Waals surface area contributed by atoms with Crippen LogP contribution in [0.3, 0.4) is 0 Å².